The van der Waals surface area contributed by atoms with Gasteiger partial charge < -0.3 is 10.2 Å². The van der Waals surface area contributed by atoms with Crippen LogP contribution >= 0.6 is 0 Å². The Labute approximate surface area is 116 Å². The largest absolute Gasteiger partial charge is 0.333 e. The number of carbonyl (C=O) groups is 1. The molecular formula is C16H24N2O. The predicted molar refractivity (Wildman–Crippen MR) is 78.3 cm³/mol. The second kappa shape index (κ2) is 6.20. The van der Waals surface area contributed by atoms with E-state index >= 15 is 0 Å². The molecule has 1 amide bonds. The number of piperazine rings is 1. The molecule has 1 aliphatic rings. The maximum Gasteiger partial charge on any atom is 0.254 e. The highest BCUT2D eigenvalue weighted by atomic mass is 16.2. The Morgan fingerprint density at radius 1 is 1.47 bits per heavy atom. The van der Waals surface area contributed by atoms with Gasteiger partial charge in [0.15, 0.2) is 0 Å². The van der Waals surface area contributed by atoms with Crippen LogP contribution in [0.1, 0.15) is 36.2 Å². The molecule has 3 nitrogen and oxygen atoms in total. The van der Waals surface area contributed by atoms with Gasteiger partial charge in [-0.2, -0.15) is 0 Å². The van der Waals surface area contributed by atoms with Crippen LogP contribution in [0.3, 0.4) is 0 Å². The van der Waals surface area contributed by atoms with Crippen LogP contribution in [0, 0.1) is 12.8 Å². The van der Waals surface area contributed by atoms with Crippen LogP contribution in [0.2, 0.25) is 0 Å². The van der Waals surface area contributed by atoms with E-state index in [0.29, 0.717) is 12.0 Å². The van der Waals surface area contributed by atoms with Crippen molar-refractivity contribution in [3.8, 4) is 0 Å². The van der Waals surface area contributed by atoms with Crippen molar-refractivity contribution in [3.05, 3.63) is 35.4 Å². The Morgan fingerprint density at radius 2 is 2.26 bits per heavy atom. The third kappa shape index (κ3) is 3.57. The number of nitrogens with one attached hydrogen (secondary N) is 1. The van der Waals surface area contributed by atoms with Crippen molar-refractivity contribution < 1.29 is 4.79 Å². The van der Waals surface area contributed by atoms with E-state index in [4.69, 9.17) is 0 Å². The first kappa shape index (κ1) is 14.1. The molecule has 3 heteroatoms. The number of carbonyl (C=O) groups excluding carboxylic acids is 1. The zero-order chi connectivity index (χ0) is 13.8. The number of hydrogen-bond donors (Lipinski definition) is 1. The number of aryl methyl sites for hydroxylation is 1. The summed E-state index contributed by atoms with van der Waals surface area (Å²) in [5, 5.41) is 3.39. The van der Waals surface area contributed by atoms with Gasteiger partial charge in [0, 0.05) is 31.2 Å². The SMILES string of the molecule is Cc1cccc(C(=O)N2CCNCC2CC(C)C)c1. The normalized spacial score (nSPS) is 19.8. The van der Waals surface area contributed by atoms with Crippen LogP contribution in [-0.2, 0) is 0 Å². The molecule has 0 spiro atoms. The molecule has 0 saturated carbocycles. The Bertz CT molecular complexity index is 442. The third-order valence-corrected chi connectivity index (χ3v) is 3.62. The van der Waals surface area contributed by atoms with Gasteiger partial charge in [-0.3, -0.25) is 4.79 Å². The molecule has 19 heavy (non-hydrogen) atoms. The molecule has 0 aliphatic carbocycles. The first-order valence-electron chi connectivity index (χ1n) is 7.16. The van der Waals surface area contributed by atoms with Gasteiger partial charge in [0.1, 0.15) is 0 Å². The Morgan fingerprint density at radius 3 is 2.95 bits per heavy atom. The number of nitrogens with zero attached hydrogens (tertiary/aromatic N) is 1. The van der Waals surface area contributed by atoms with Gasteiger partial charge in [0.2, 0.25) is 0 Å². The molecule has 1 saturated heterocycles. The topological polar surface area (TPSA) is 32.3 Å². The maximum atomic E-state index is 12.6. The Balaban J connectivity index is 2.15. The Hall–Kier alpha value is -1.35. The minimum absolute atomic E-state index is 0.177. The fourth-order valence-electron chi connectivity index (χ4n) is 2.73. The van der Waals surface area contributed by atoms with E-state index in [2.05, 4.69) is 19.2 Å². The van der Waals surface area contributed by atoms with Crippen LogP contribution in [0.25, 0.3) is 0 Å². The molecule has 1 unspecified atom stereocenters. The minimum Gasteiger partial charge on any atom is -0.333 e. The zero-order valence-electron chi connectivity index (χ0n) is 12.1. The highest BCUT2D eigenvalue weighted by Gasteiger charge is 2.27. The molecule has 0 bridgehead atoms. The van der Waals surface area contributed by atoms with E-state index in [1.807, 2.05) is 36.1 Å². The summed E-state index contributed by atoms with van der Waals surface area (Å²) in [5.74, 6) is 0.786. The summed E-state index contributed by atoms with van der Waals surface area (Å²) < 4.78 is 0. The first-order chi connectivity index (χ1) is 9.08. The minimum atomic E-state index is 0.177. The van der Waals surface area contributed by atoms with Gasteiger partial charge in [0.05, 0.1) is 0 Å². The second-order valence-electron chi connectivity index (χ2n) is 5.86. The summed E-state index contributed by atoms with van der Waals surface area (Å²) >= 11 is 0. The summed E-state index contributed by atoms with van der Waals surface area (Å²) in [6.07, 6.45) is 1.06. The highest BCUT2D eigenvalue weighted by Crippen LogP contribution is 2.17. The number of rotatable bonds is 3. The van der Waals surface area contributed by atoms with Crippen LogP contribution in [0.4, 0.5) is 0 Å². The molecular weight excluding hydrogens is 236 g/mol. The van der Waals surface area contributed by atoms with Crippen molar-refractivity contribution in [1.82, 2.24) is 10.2 Å². The molecule has 0 aromatic heterocycles. The van der Waals surface area contributed by atoms with Gasteiger partial charge in [-0.05, 0) is 31.4 Å². The van der Waals surface area contributed by atoms with Gasteiger partial charge in [0.25, 0.3) is 5.91 Å². The summed E-state index contributed by atoms with van der Waals surface area (Å²) in [6.45, 7) is 9.07. The quantitative estimate of drug-likeness (QED) is 0.905. The van der Waals surface area contributed by atoms with Crippen LogP contribution < -0.4 is 5.32 Å². The molecule has 2 rings (SSSR count). The monoisotopic (exact) mass is 260 g/mol. The van der Waals surface area contributed by atoms with E-state index in [-0.39, 0.29) is 5.91 Å². The summed E-state index contributed by atoms with van der Waals surface area (Å²) in [7, 11) is 0. The van der Waals surface area contributed by atoms with Crippen molar-refractivity contribution in [1.29, 1.82) is 0 Å². The lowest BCUT2D eigenvalue weighted by molar-refractivity contribution is 0.0610. The molecule has 1 aliphatic heterocycles. The van der Waals surface area contributed by atoms with Crippen molar-refractivity contribution >= 4 is 5.91 Å². The molecule has 0 radical (unpaired) electrons. The van der Waals surface area contributed by atoms with E-state index in [0.717, 1.165) is 37.2 Å². The van der Waals surface area contributed by atoms with Crippen LogP contribution in [0.15, 0.2) is 24.3 Å². The maximum absolute atomic E-state index is 12.6. The molecule has 1 fully saturated rings. The third-order valence-electron chi connectivity index (χ3n) is 3.62. The number of benzene rings is 1. The van der Waals surface area contributed by atoms with E-state index in [1.165, 1.54) is 0 Å². The smallest absolute Gasteiger partial charge is 0.254 e. The average molecular weight is 260 g/mol. The summed E-state index contributed by atoms with van der Waals surface area (Å²) in [6, 6.07) is 8.21. The summed E-state index contributed by atoms with van der Waals surface area (Å²) in [5.41, 5.74) is 1.96. The lowest BCUT2D eigenvalue weighted by atomic mass is 9.99. The van der Waals surface area contributed by atoms with Gasteiger partial charge in [-0.1, -0.05) is 31.5 Å². The Kier molecular flexibility index (Phi) is 4.59. The first-order valence-corrected chi connectivity index (χ1v) is 7.16. The van der Waals surface area contributed by atoms with Crippen LogP contribution in [-0.4, -0.2) is 36.5 Å². The molecule has 104 valence electrons. The van der Waals surface area contributed by atoms with Gasteiger partial charge >= 0.3 is 0 Å². The van der Waals surface area contributed by atoms with Crippen molar-refractivity contribution in [2.75, 3.05) is 19.6 Å². The van der Waals surface area contributed by atoms with Crippen LogP contribution in [0.5, 0.6) is 0 Å². The lowest BCUT2D eigenvalue weighted by Gasteiger charge is -2.37. The molecule has 1 aromatic carbocycles. The number of hydrogen-bond acceptors (Lipinski definition) is 2. The second-order valence-corrected chi connectivity index (χ2v) is 5.86. The molecule has 1 heterocycles. The van der Waals surface area contributed by atoms with Crippen molar-refractivity contribution in [3.63, 3.8) is 0 Å². The lowest BCUT2D eigenvalue weighted by Crippen LogP contribution is -2.54. The van der Waals surface area contributed by atoms with Gasteiger partial charge in [-0.25, -0.2) is 0 Å². The average Bonchev–Trinajstić information content (AvgIpc) is 2.38. The number of amides is 1. The van der Waals surface area contributed by atoms with E-state index < -0.39 is 0 Å². The van der Waals surface area contributed by atoms with Crippen molar-refractivity contribution in [2.45, 2.75) is 33.2 Å². The van der Waals surface area contributed by atoms with E-state index in [1.54, 1.807) is 0 Å². The highest BCUT2D eigenvalue weighted by molar-refractivity contribution is 5.94. The summed E-state index contributed by atoms with van der Waals surface area (Å²) in [4.78, 5) is 14.7. The predicted octanol–water partition coefficient (Wildman–Crippen LogP) is 2.46. The van der Waals surface area contributed by atoms with Crippen molar-refractivity contribution in [2.24, 2.45) is 5.92 Å². The molecule has 1 aromatic rings. The van der Waals surface area contributed by atoms with Gasteiger partial charge in [-0.15, -0.1) is 0 Å². The van der Waals surface area contributed by atoms with E-state index in [9.17, 15) is 4.79 Å². The fourth-order valence-corrected chi connectivity index (χ4v) is 2.73. The fraction of sp³-hybridized carbons (Fsp3) is 0.562. The molecule has 1 N–H and O–H groups in total. The standard InChI is InChI=1S/C16H24N2O/c1-12(2)9-15-11-17-7-8-18(15)16(19)14-6-4-5-13(3)10-14/h4-6,10,12,15,17H,7-9,11H2,1-3H3. The molecule has 1 atom stereocenters. The zero-order valence-corrected chi connectivity index (χ0v) is 12.1.